The summed E-state index contributed by atoms with van der Waals surface area (Å²) in [6.45, 7) is 5.25. The van der Waals surface area contributed by atoms with Gasteiger partial charge >= 0.3 is 0 Å². The number of carbonyl (C=O) groups excluding carboxylic acids is 1. The van der Waals surface area contributed by atoms with E-state index in [1.54, 1.807) is 11.3 Å². The molecule has 4 heteroatoms. The number of hydrogen-bond acceptors (Lipinski definition) is 3. The number of hydrogen-bond donors (Lipinski definition) is 2. The number of nitrogens with two attached hydrogens (primary N) is 1. The van der Waals surface area contributed by atoms with E-state index in [2.05, 4.69) is 24.4 Å². The normalized spacial score (nSPS) is 12.4. The van der Waals surface area contributed by atoms with Crippen molar-refractivity contribution in [2.45, 2.75) is 33.2 Å². The largest absolute Gasteiger partial charge is 0.351 e. The molecule has 16 heavy (non-hydrogen) atoms. The van der Waals surface area contributed by atoms with Gasteiger partial charge in [0, 0.05) is 15.7 Å². The highest BCUT2D eigenvalue weighted by atomic mass is 32.1. The second-order valence-corrected chi connectivity index (χ2v) is 5.17. The number of thiophene rings is 1. The number of aryl methyl sites for hydroxylation is 1. The molecule has 0 aliphatic rings. The Labute approximate surface area is 101 Å². The minimum Gasteiger partial charge on any atom is -0.351 e. The molecule has 90 valence electrons. The second-order valence-electron chi connectivity index (χ2n) is 3.92. The van der Waals surface area contributed by atoms with Crippen LogP contribution < -0.4 is 11.1 Å². The fourth-order valence-corrected chi connectivity index (χ4v) is 2.33. The lowest BCUT2D eigenvalue weighted by atomic mass is 10.1. The zero-order valence-corrected chi connectivity index (χ0v) is 10.8. The molecule has 1 atom stereocenters. The average molecular weight is 240 g/mol. The van der Waals surface area contributed by atoms with E-state index in [-0.39, 0.29) is 11.8 Å². The topological polar surface area (TPSA) is 55.1 Å². The molecule has 0 bridgehead atoms. The third-order valence-corrected chi connectivity index (χ3v) is 3.78. The predicted molar refractivity (Wildman–Crippen MR) is 68.4 cm³/mol. The Kier molecular flexibility index (Phi) is 5.49. The lowest BCUT2D eigenvalue weighted by molar-refractivity contribution is -0.124. The molecule has 1 unspecified atom stereocenters. The van der Waals surface area contributed by atoms with Crippen LogP contribution in [-0.4, -0.2) is 12.5 Å². The summed E-state index contributed by atoms with van der Waals surface area (Å²) in [6, 6.07) is 4.20. The van der Waals surface area contributed by atoms with Gasteiger partial charge in [0.15, 0.2) is 0 Å². The van der Waals surface area contributed by atoms with Crippen LogP contribution in [0.1, 0.15) is 30.0 Å². The maximum Gasteiger partial charge on any atom is 0.223 e. The standard InChI is InChI=1S/C12H20N2OS/c1-3-10-4-5-11(16-10)8-14-12(15)9(2)6-7-13/h4-5,9H,3,6-8,13H2,1-2H3,(H,14,15). The molecule has 1 amide bonds. The van der Waals surface area contributed by atoms with Gasteiger partial charge in [0.1, 0.15) is 0 Å². The van der Waals surface area contributed by atoms with E-state index >= 15 is 0 Å². The van der Waals surface area contributed by atoms with E-state index in [0.717, 1.165) is 12.8 Å². The first-order valence-electron chi connectivity index (χ1n) is 5.72. The third kappa shape index (κ3) is 3.94. The lowest BCUT2D eigenvalue weighted by Crippen LogP contribution is -2.29. The Bertz CT molecular complexity index is 336. The van der Waals surface area contributed by atoms with E-state index in [9.17, 15) is 4.79 Å². The quantitative estimate of drug-likeness (QED) is 0.798. The molecule has 0 spiro atoms. The summed E-state index contributed by atoms with van der Waals surface area (Å²) in [5, 5.41) is 2.94. The Morgan fingerprint density at radius 3 is 2.75 bits per heavy atom. The maximum atomic E-state index is 11.6. The fraction of sp³-hybridized carbons (Fsp3) is 0.583. The number of carbonyl (C=O) groups is 1. The highest BCUT2D eigenvalue weighted by molar-refractivity contribution is 7.11. The van der Waals surface area contributed by atoms with Crippen molar-refractivity contribution in [3.63, 3.8) is 0 Å². The van der Waals surface area contributed by atoms with Crippen LogP contribution in [0.2, 0.25) is 0 Å². The summed E-state index contributed by atoms with van der Waals surface area (Å²) in [4.78, 5) is 14.2. The average Bonchev–Trinajstić information content (AvgIpc) is 2.74. The van der Waals surface area contributed by atoms with E-state index in [1.165, 1.54) is 9.75 Å². The van der Waals surface area contributed by atoms with Crippen molar-refractivity contribution in [1.82, 2.24) is 5.32 Å². The van der Waals surface area contributed by atoms with Gasteiger partial charge in [0.25, 0.3) is 0 Å². The van der Waals surface area contributed by atoms with Crippen LogP contribution in [-0.2, 0) is 17.8 Å². The van der Waals surface area contributed by atoms with Crippen LogP contribution >= 0.6 is 11.3 Å². The summed E-state index contributed by atoms with van der Waals surface area (Å²) >= 11 is 1.76. The maximum absolute atomic E-state index is 11.6. The van der Waals surface area contributed by atoms with Crippen LogP contribution in [0.3, 0.4) is 0 Å². The van der Waals surface area contributed by atoms with Crippen molar-refractivity contribution in [3.8, 4) is 0 Å². The van der Waals surface area contributed by atoms with Crippen molar-refractivity contribution in [3.05, 3.63) is 21.9 Å². The van der Waals surface area contributed by atoms with Gasteiger partial charge in [-0.05, 0) is 31.5 Å². The van der Waals surface area contributed by atoms with Gasteiger partial charge in [-0.15, -0.1) is 11.3 Å². The minimum absolute atomic E-state index is 0.00982. The van der Waals surface area contributed by atoms with Crippen molar-refractivity contribution >= 4 is 17.2 Å². The van der Waals surface area contributed by atoms with Crippen LogP contribution in [0.15, 0.2) is 12.1 Å². The molecule has 0 saturated heterocycles. The SMILES string of the molecule is CCc1ccc(CNC(=O)C(C)CCN)s1. The van der Waals surface area contributed by atoms with Crippen LogP contribution in [0.4, 0.5) is 0 Å². The minimum atomic E-state index is 0.00982. The fourth-order valence-electron chi connectivity index (χ4n) is 1.44. The van der Waals surface area contributed by atoms with E-state index < -0.39 is 0 Å². The Morgan fingerprint density at radius 2 is 2.19 bits per heavy atom. The van der Waals surface area contributed by atoms with Gasteiger partial charge in [-0.25, -0.2) is 0 Å². The Morgan fingerprint density at radius 1 is 1.50 bits per heavy atom. The molecule has 0 radical (unpaired) electrons. The molecular formula is C12H20N2OS. The molecule has 1 rings (SSSR count). The smallest absolute Gasteiger partial charge is 0.223 e. The summed E-state index contributed by atoms with van der Waals surface area (Å²) in [7, 11) is 0. The summed E-state index contributed by atoms with van der Waals surface area (Å²) in [5.74, 6) is 0.104. The summed E-state index contributed by atoms with van der Waals surface area (Å²) < 4.78 is 0. The zero-order valence-electron chi connectivity index (χ0n) is 9.95. The molecule has 0 aliphatic heterocycles. The molecule has 0 aliphatic carbocycles. The van der Waals surface area contributed by atoms with Gasteiger partial charge in [-0.1, -0.05) is 13.8 Å². The number of nitrogens with one attached hydrogen (secondary N) is 1. The molecule has 0 aromatic carbocycles. The van der Waals surface area contributed by atoms with Gasteiger partial charge < -0.3 is 11.1 Å². The molecule has 1 aromatic rings. The second kappa shape index (κ2) is 6.66. The first kappa shape index (κ1) is 13.2. The van der Waals surface area contributed by atoms with Crippen LogP contribution in [0.25, 0.3) is 0 Å². The first-order chi connectivity index (χ1) is 7.67. The molecule has 1 heterocycles. The van der Waals surface area contributed by atoms with E-state index in [0.29, 0.717) is 13.1 Å². The predicted octanol–water partition coefficient (Wildman–Crippen LogP) is 1.91. The molecule has 3 nitrogen and oxygen atoms in total. The molecule has 0 fully saturated rings. The van der Waals surface area contributed by atoms with Crippen LogP contribution in [0.5, 0.6) is 0 Å². The van der Waals surface area contributed by atoms with Crippen LogP contribution in [0, 0.1) is 5.92 Å². The summed E-state index contributed by atoms with van der Waals surface area (Å²) in [6.07, 6.45) is 1.80. The van der Waals surface area contributed by atoms with Crippen molar-refractivity contribution < 1.29 is 4.79 Å². The molecule has 3 N–H and O–H groups in total. The number of rotatable bonds is 6. The van der Waals surface area contributed by atoms with Crippen molar-refractivity contribution in [1.29, 1.82) is 0 Å². The zero-order chi connectivity index (χ0) is 12.0. The van der Waals surface area contributed by atoms with Gasteiger partial charge in [0.2, 0.25) is 5.91 Å². The number of amides is 1. The highest BCUT2D eigenvalue weighted by Gasteiger charge is 2.11. The molecule has 1 aromatic heterocycles. The van der Waals surface area contributed by atoms with Gasteiger partial charge in [-0.2, -0.15) is 0 Å². The van der Waals surface area contributed by atoms with Crippen molar-refractivity contribution in [2.24, 2.45) is 11.7 Å². The highest BCUT2D eigenvalue weighted by Crippen LogP contribution is 2.16. The van der Waals surface area contributed by atoms with Gasteiger partial charge in [-0.3, -0.25) is 4.79 Å². The Balaban J connectivity index is 2.36. The van der Waals surface area contributed by atoms with Crippen molar-refractivity contribution in [2.75, 3.05) is 6.54 Å². The third-order valence-electron chi connectivity index (χ3n) is 2.55. The molecule has 0 saturated carbocycles. The van der Waals surface area contributed by atoms with E-state index in [1.807, 2.05) is 6.92 Å². The molecular weight excluding hydrogens is 220 g/mol. The van der Waals surface area contributed by atoms with E-state index in [4.69, 9.17) is 5.73 Å². The monoisotopic (exact) mass is 240 g/mol. The van der Waals surface area contributed by atoms with Gasteiger partial charge in [0.05, 0.1) is 6.54 Å². The Hall–Kier alpha value is -0.870. The lowest BCUT2D eigenvalue weighted by Gasteiger charge is -2.09. The summed E-state index contributed by atoms with van der Waals surface area (Å²) in [5.41, 5.74) is 5.42. The first-order valence-corrected chi connectivity index (χ1v) is 6.54.